The summed E-state index contributed by atoms with van der Waals surface area (Å²) < 4.78 is 19.1. The van der Waals surface area contributed by atoms with E-state index in [0.717, 1.165) is 31.2 Å². The Bertz CT molecular complexity index is 731. The molecule has 0 spiro atoms. The molecule has 2 amide bonds. The standard InChI is InChI=1S/C17H21FN4O2/c1-11-7-8-14(13(18)10-11)20-17(23)22-9-5-3-4-6-15(22)16-19-12(2)24-21-16/h7-8,10,15H,3-6,9H2,1-2H3,(H,20,23)/t15-/m0/s1. The van der Waals surface area contributed by atoms with Crippen LogP contribution in [-0.2, 0) is 0 Å². The fourth-order valence-corrected chi connectivity index (χ4v) is 2.98. The van der Waals surface area contributed by atoms with E-state index in [4.69, 9.17) is 4.52 Å². The van der Waals surface area contributed by atoms with E-state index in [9.17, 15) is 9.18 Å². The summed E-state index contributed by atoms with van der Waals surface area (Å²) in [6.45, 7) is 4.11. The highest BCUT2D eigenvalue weighted by molar-refractivity contribution is 5.89. The van der Waals surface area contributed by atoms with Crippen LogP contribution >= 0.6 is 0 Å². The van der Waals surface area contributed by atoms with Gasteiger partial charge in [-0.1, -0.05) is 24.1 Å². The number of likely N-dealkylation sites (tertiary alicyclic amines) is 1. The van der Waals surface area contributed by atoms with Gasteiger partial charge in [-0.15, -0.1) is 0 Å². The molecule has 1 aromatic carbocycles. The molecule has 0 saturated carbocycles. The Morgan fingerprint density at radius 3 is 2.88 bits per heavy atom. The number of hydrogen-bond acceptors (Lipinski definition) is 4. The number of benzene rings is 1. The molecule has 1 atom stereocenters. The van der Waals surface area contributed by atoms with Crippen molar-refractivity contribution < 1.29 is 13.7 Å². The number of nitrogens with zero attached hydrogens (tertiary/aromatic N) is 3. The zero-order valence-corrected chi connectivity index (χ0v) is 13.9. The maximum Gasteiger partial charge on any atom is 0.322 e. The lowest BCUT2D eigenvalue weighted by atomic mass is 10.1. The molecule has 1 aliphatic rings. The van der Waals surface area contributed by atoms with Gasteiger partial charge >= 0.3 is 6.03 Å². The van der Waals surface area contributed by atoms with Crippen LogP contribution in [0.5, 0.6) is 0 Å². The monoisotopic (exact) mass is 332 g/mol. The van der Waals surface area contributed by atoms with E-state index in [0.29, 0.717) is 18.3 Å². The van der Waals surface area contributed by atoms with Gasteiger partial charge in [0.15, 0.2) is 5.82 Å². The van der Waals surface area contributed by atoms with Crippen molar-refractivity contribution in [2.24, 2.45) is 0 Å². The van der Waals surface area contributed by atoms with Crippen molar-refractivity contribution in [2.75, 3.05) is 11.9 Å². The minimum atomic E-state index is -0.440. The van der Waals surface area contributed by atoms with E-state index in [1.54, 1.807) is 30.9 Å². The number of carbonyl (C=O) groups excluding carboxylic acids is 1. The predicted molar refractivity (Wildman–Crippen MR) is 87.1 cm³/mol. The van der Waals surface area contributed by atoms with Crippen LogP contribution in [-0.4, -0.2) is 27.6 Å². The van der Waals surface area contributed by atoms with Crippen LogP contribution < -0.4 is 5.32 Å². The van der Waals surface area contributed by atoms with Gasteiger partial charge in [-0.05, 0) is 37.5 Å². The predicted octanol–water partition coefficient (Wildman–Crippen LogP) is 3.97. The highest BCUT2D eigenvalue weighted by Gasteiger charge is 2.30. The number of rotatable bonds is 2. The Labute approximate surface area is 140 Å². The second-order valence-corrected chi connectivity index (χ2v) is 6.14. The number of halogens is 1. The Hall–Kier alpha value is -2.44. The zero-order valence-electron chi connectivity index (χ0n) is 13.9. The number of aromatic nitrogens is 2. The van der Waals surface area contributed by atoms with Gasteiger partial charge in [-0.3, -0.25) is 0 Å². The van der Waals surface area contributed by atoms with Gasteiger partial charge < -0.3 is 14.7 Å². The van der Waals surface area contributed by atoms with E-state index in [2.05, 4.69) is 15.5 Å². The number of nitrogens with one attached hydrogen (secondary N) is 1. The van der Waals surface area contributed by atoms with Gasteiger partial charge in [-0.2, -0.15) is 4.98 Å². The third kappa shape index (κ3) is 3.55. The van der Waals surface area contributed by atoms with E-state index in [1.807, 2.05) is 0 Å². The summed E-state index contributed by atoms with van der Waals surface area (Å²) in [5, 5.41) is 6.64. The van der Waals surface area contributed by atoms with Gasteiger partial charge in [0.2, 0.25) is 5.89 Å². The molecule has 1 N–H and O–H groups in total. The third-order valence-corrected chi connectivity index (χ3v) is 4.22. The Morgan fingerprint density at radius 2 is 2.17 bits per heavy atom. The van der Waals surface area contributed by atoms with Crippen LogP contribution in [0.15, 0.2) is 22.7 Å². The smallest absolute Gasteiger partial charge is 0.322 e. The molecular formula is C17H21FN4O2. The molecule has 2 aromatic rings. The molecule has 128 valence electrons. The zero-order chi connectivity index (χ0) is 17.1. The van der Waals surface area contributed by atoms with Crippen molar-refractivity contribution in [2.45, 2.75) is 45.6 Å². The van der Waals surface area contributed by atoms with Crippen molar-refractivity contribution in [1.29, 1.82) is 0 Å². The number of anilines is 1. The maximum atomic E-state index is 14.0. The van der Waals surface area contributed by atoms with Crippen LogP contribution in [0.1, 0.15) is 49.0 Å². The molecule has 3 rings (SSSR count). The van der Waals surface area contributed by atoms with Crippen LogP contribution in [0.2, 0.25) is 0 Å². The minimum absolute atomic E-state index is 0.179. The van der Waals surface area contributed by atoms with Gasteiger partial charge in [-0.25, -0.2) is 9.18 Å². The number of urea groups is 1. The first-order valence-electron chi connectivity index (χ1n) is 8.18. The molecule has 1 aliphatic heterocycles. The molecular weight excluding hydrogens is 311 g/mol. The Balaban J connectivity index is 1.81. The number of carbonyl (C=O) groups is 1. The van der Waals surface area contributed by atoms with Crippen molar-refractivity contribution >= 4 is 11.7 Å². The fourth-order valence-electron chi connectivity index (χ4n) is 2.98. The summed E-state index contributed by atoms with van der Waals surface area (Å²) in [5.74, 6) is 0.540. The van der Waals surface area contributed by atoms with Crippen molar-refractivity contribution in [3.8, 4) is 0 Å². The van der Waals surface area contributed by atoms with E-state index < -0.39 is 5.82 Å². The summed E-state index contributed by atoms with van der Waals surface area (Å²) in [4.78, 5) is 18.7. The highest BCUT2D eigenvalue weighted by Crippen LogP contribution is 2.29. The first-order chi connectivity index (χ1) is 11.5. The number of aryl methyl sites for hydroxylation is 2. The van der Waals surface area contributed by atoms with Gasteiger partial charge in [0, 0.05) is 13.5 Å². The molecule has 6 nitrogen and oxygen atoms in total. The van der Waals surface area contributed by atoms with Crippen LogP contribution in [0.25, 0.3) is 0 Å². The molecule has 1 aromatic heterocycles. The number of hydrogen-bond donors (Lipinski definition) is 1. The molecule has 0 unspecified atom stereocenters. The van der Waals surface area contributed by atoms with Crippen LogP contribution in [0.3, 0.4) is 0 Å². The van der Waals surface area contributed by atoms with Crippen LogP contribution in [0, 0.1) is 19.7 Å². The van der Waals surface area contributed by atoms with Crippen molar-refractivity contribution in [1.82, 2.24) is 15.0 Å². The van der Waals surface area contributed by atoms with E-state index in [-0.39, 0.29) is 17.8 Å². The minimum Gasteiger partial charge on any atom is -0.340 e. The summed E-state index contributed by atoms with van der Waals surface area (Å²) in [5.41, 5.74) is 0.985. The lowest BCUT2D eigenvalue weighted by Gasteiger charge is -2.28. The molecule has 1 saturated heterocycles. The maximum absolute atomic E-state index is 14.0. The van der Waals surface area contributed by atoms with E-state index in [1.165, 1.54) is 6.07 Å². The average Bonchev–Trinajstić information content (AvgIpc) is 2.83. The summed E-state index contributed by atoms with van der Waals surface area (Å²) in [6.07, 6.45) is 3.69. The molecule has 0 radical (unpaired) electrons. The van der Waals surface area contributed by atoms with E-state index >= 15 is 0 Å². The molecule has 24 heavy (non-hydrogen) atoms. The lowest BCUT2D eigenvalue weighted by Crippen LogP contribution is -2.38. The second-order valence-electron chi connectivity index (χ2n) is 6.14. The summed E-state index contributed by atoms with van der Waals surface area (Å²) >= 11 is 0. The SMILES string of the molecule is Cc1ccc(NC(=O)N2CCCCC[C@H]2c2noc(C)n2)c(F)c1. The Morgan fingerprint density at radius 1 is 1.33 bits per heavy atom. The summed E-state index contributed by atoms with van der Waals surface area (Å²) in [7, 11) is 0. The van der Waals surface area contributed by atoms with Crippen molar-refractivity contribution in [3.63, 3.8) is 0 Å². The largest absolute Gasteiger partial charge is 0.340 e. The van der Waals surface area contributed by atoms with Gasteiger partial charge in [0.25, 0.3) is 0 Å². The first-order valence-corrected chi connectivity index (χ1v) is 8.18. The second kappa shape index (κ2) is 6.98. The van der Waals surface area contributed by atoms with Crippen LogP contribution in [0.4, 0.5) is 14.9 Å². The molecule has 0 bridgehead atoms. The summed E-state index contributed by atoms with van der Waals surface area (Å²) in [6, 6.07) is 4.15. The molecule has 2 heterocycles. The highest BCUT2D eigenvalue weighted by atomic mass is 19.1. The fraction of sp³-hybridized carbons (Fsp3) is 0.471. The Kier molecular flexibility index (Phi) is 4.78. The van der Waals surface area contributed by atoms with Crippen molar-refractivity contribution in [3.05, 3.63) is 41.3 Å². The normalized spacial score (nSPS) is 18.3. The number of amides is 2. The molecule has 0 aliphatic carbocycles. The average molecular weight is 332 g/mol. The third-order valence-electron chi connectivity index (χ3n) is 4.22. The quantitative estimate of drug-likeness (QED) is 0.903. The molecule has 7 heteroatoms. The topological polar surface area (TPSA) is 71.3 Å². The van der Waals surface area contributed by atoms with Gasteiger partial charge in [0.05, 0.1) is 11.7 Å². The lowest BCUT2D eigenvalue weighted by molar-refractivity contribution is 0.184. The first kappa shape index (κ1) is 16.4. The molecule has 1 fully saturated rings. The van der Waals surface area contributed by atoms with Gasteiger partial charge in [0.1, 0.15) is 5.82 Å².